The number of carbonyl (C=O) groups excluding carboxylic acids is 1. The van der Waals surface area contributed by atoms with Crippen molar-refractivity contribution in [1.82, 2.24) is 14.7 Å². The summed E-state index contributed by atoms with van der Waals surface area (Å²) in [5, 5.41) is 13.2. The summed E-state index contributed by atoms with van der Waals surface area (Å²) in [5.41, 5.74) is 2.81. The van der Waals surface area contributed by atoms with E-state index in [1.807, 2.05) is 20.9 Å². The number of nitrogens with zero attached hydrogens (tertiary/aromatic N) is 3. The molecule has 1 unspecified atom stereocenters. The summed E-state index contributed by atoms with van der Waals surface area (Å²) in [7, 11) is 1.86. The van der Waals surface area contributed by atoms with Crippen LogP contribution in [0.1, 0.15) is 23.4 Å². The van der Waals surface area contributed by atoms with E-state index in [0.717, 1.165) is 17.0 Å². The molecule has 1 fully saturated rings. The molecule has 1 N–H and O–H groups in total. The summed E-state index contributed by atoms with van der Waals surface area (Å²) >= 11 is 0. The highest BCUT2D eigenvalue weighted by atomic mass is 16.4. The van der Waals surface area contributed by atoms with Crippen LogP contribution in [0.2, 0.25) is 0 Å². The molecule has 1 aliphatic heterocycles. The van der Waals surface area contributed by atoms with Crippen LogP contribution in [0.4, 0.5) is 0 Å². The van der Waals surface area contributed by atoms with Gasteiger partial charge in [0.1, 0.15) is 0 Å². The molecule has 20 heavy (non-hydrogen) atoms. The van der Waals surface area contributed by atoms with Crippen LogP contribution in [0.3, 0.4) is 0 Å². The van der Waals surface area contributed by atoms with Crippen molar-refractivity contribution in [2.24, 2.45) is 13.0 Å². The highest BCUT2D eigenvalue weighted by Gasteiger charge is 2.29. The third-order valence-electron chi connectivity index (χ3n) is 3.81. The van der Waals surface area contributed by atoms with Gasteiger partial charge >= 0.3 is 5.97 Å². The number of rotatable bonds is 3. The number of aromatic nitrogens is 2. The number of amides is 1. The summed E-state index contributed by atoms with van der Waals surface area (Å²) in [6.07, 6.45) is 3.79. The molecule has 0 radical (unpaired) electrons. The Morgan fingerprint density at radius 3 is 2.60 bits per heavy atom. The van der Waals surface area contributed by atoms with Crippen LogP contribution in [0.5, 0.6) is 0 Å². The Kier molecular flexibility index (Phi) is 3.92. The number of hydrogen-bond acceptors (Lipinski definition) is 3. The molecular weight excluding hydrogens is 258 g/mol. The van der Waals surface area contributed by atoms with Gasteiger partial charge in [-0.2, -0.15) is 5.10 Å². The van der Waals surface area contributed by atoms with Gasteiger partial charge in [-0.3, -0.25) is 14.3 Å². The normalized spacial score (nSPS) is 18.9. The quantitative estimate of drug-likeness (QED) is 0.836. The molecule has 2 heterocycles. The van der Waals surface area contributed by atoms with Gasteiger partial charge in [0, 0.05) is 37.5 Å². The van der Waals surface area contributed by atoms with Gasteiger partial charge in [0.15, 0.2) is 0 Å². The van der Waals surface area contributed by atoms with Crippen LogP contribution in [-0.2, 0) is 16.6 Å². The van der Waals surface area contributed by atoms with Crippen LogP contribution in [-0.4, -0.2) is 44.8 Å². The van der Waals surface area contributed by atoms with E-state index in [0.29, 0.717) is 19.5 Å². The minimum atomic E-state index is -0.830. The first-order valence-electron chi connectivity index (χ1n) is 6.60. The van der Waals surface area contributed by atoms with E-state index >= 15 is 0 Å². The molecule has 0 spiro atoms. The smallest absolute Gasteiger partial charge is 0.308 e. The Balaban J connectivity index is 2.05. The topological polar surface area (TPSA) is 75.4 Å². The third kappa shape index (κ3) is 2.74. The predicted molar refractivity (Wildman–Crippen MR) is 74.0 cm³/mol. The van der Waals surface area contributed by atoms with Gasteiger partial charge in [-0.05, 0) is 26.3 Å². The maximum atomic E-state index is 12.0. The summed E-state index contributed by atoms with van der Waals surface area (Å²) in [5.74, 6) is -1.41. The molecule has 2 rings (SSSR count). The molecule has 0 saturated carbocycles. The lowest BCUT2D eigenvalue weighted by atomic mass is 10.1. The Labute approximate surface area is 117 Å². The van der Waals surface area contributed by atoms with E-state index in [-0.39, 0.29) is 5.91 Å². The summed E-state index contributed by atoms with van der Waals surface area (Å²) < 4.78 is 1.77. The van der Waals surface area contributed by atoms with Gasteiger partial charge in [0.25, 0.3) is 0 Å². The molecule has 108 valence electrons. The third-order valence-corrected chi connectivity index (χ3v) is 3.81. The van der Waals surface area contributed by atoms with Gasteiger partial charge in [0.05, 0.1) is 11.6 Å². The Bertz CT molecular complexity index is 574. The Hall–Kier alpha value is -2.11. The van der Waals surface area contributed by atoms with Gasteiger partial charge in [-0.15, -0.1) is 0 Å². The van der Waals surface area contributed by atoms with Crippen molar-refractivity contribution in [2.75, 3.05) is 13.1 Å². The first-order chi connectivity index (χ1) is 9.40. The molecule has 0 aliphatic carbocycles. The van der Waals surface area contributed by atoms with Crippen molar-refractivity contribution in [3.8, 4) is 0 Å². The molecular formula is C14H19N3O3. The van der Waals surface area contributed by atoms with E-state index < -0.39 is 11.9 Å². The van der Waals surface area contributed by atoms with E-state index in [9.17, 15) is 9.59 Å². The van der Waals surface area contributed by atoms with E-state index in [4.69, 9.17) is 5.11 Å². The molecule has 1 atom stereocenters. The molecule has 0 aromatic carbocycles. The molecule has 1 aromatic rings. The molecule has 0 bridgehead atoms. The first kappa shape index (κ1) is 14.3. The first-order valence-corrected chi connectivity index (χ1v) is 6.60. The number of likely N-dealkylation sites (tertiary alicyclic amines) is 1. The monoisotopic (exact) mass is 277 g/mol. The highest BCUT2D eigenvalue weighted by molar-refractivity contribution is 5.92. The van der Waals surface area contributed by atoms with Crippen LogP contribution in [0.25, 0.3) is 6.08 Å². The van der Waals surface area contributed by atoms with Gasteiger partial charge in [0.2, 0.25) is 5.91 Å². The van der Waals surface area contributed by atoms with Gasteiger partial charge < -0.3 is 10.0 Å². The van der Waals surface area contributed by atoms with Crippen molar-refractivity contribution in [1.29, 1.82) is 0 Å². The zero-order valence-corrected chi connectivity index (χ0v) is 12.0. The van der Waals surface area contributed by atoms with Crippen molar-refractivity contribution < 1.29 is 14.7 Å². The minimum Gasteiger partial charge on any atom is -0.481 e. The SMILES string of the molecule is Cc1nn(C)c(C)c1C=CC(=O)N1CCC(C(=O)O)C1. The average molecular weight is 277 g/mol. The maximum Gasteiger partial charge on any atom is 0.308 e. The van der Waals surface area contributed by atoms with E-state index in [1.165, 1.54) is 6.08 Å². The fourth-order valence-electron chi connectivity index (χ4n) is 2.45. The summed E-state index contributed by atoms with van der Waals surface area (Å²) in [6, 6.07) is 0. The summed E-state index contributed by atoms with van der Waals surface area (Å²) in [6.45, 7) is 4.64. The molecule has 1 aliphatic rings. The number of aliphatic carboxylic acids is 1. The predicted octanol–water partition coefficient (Wildman–Crippen LogP) is 0.983. The largest absolute Gasteiger partial charge is 0.481 e. The number of hydrogen-bond donors (Lipinski definition) is 1. The van der Waals surface area contributed by atoms with E-state index in [1.54, 1.807) is 15.7 Å². The van der Waals surface area contributed by atoms with Crippen molar-refractivity contribution in [3.05, 3.63) is 23.0 Å². The molecule has 1 saturated heterocycles. The lowest BCUT2D eigenvalue weighted by molar-refractivity contribution is -0.141. The summed E-state index contributed by atoms with van der Waals surface area (Å²) in [4.78, 5) is 24.5. The second-order valence-corrected chi connectivity index (χ2v) is 5.15. The highest BCUT2D eigenvalue weighted by Crippen LogP contribution is 2.18. The Morgan fingerprint density at radius 1 is 1.40 bits per heavy atom. The number of aryl methyl sites for hydroxylation is 2. The van der Waals surface area contributed by atoms with Crippen LogP contribution in [0.15, 0.2) is 6.08 Å². The maximum absolute atomic E-state index is 12.0. The number of carbonyl (C=O) groups is 2. The second-order valence-electron chi connectivity index (χ2n) is 5.15. The zero-order valence-electron chi connectivity index (χ0n) is 12.0. The van der Waals surface area contributed by atoms with Crippen LogP contribution in [0, 0.1) is 19.8 Å². The van der Waals surface area contributed by atoms with Crippen molar-refractivity contribution >= 4 is 18.0 Å². The lowest BCUT2D eigenvalue weighted by Crippen LogP contribution is -2.28. The zero-order chi connectivity index (χ0) is 14.9. The lowest BCUT2D eigenvalue weighted by Gasteiger charge is -2.12. The molecule has 1 aromatic heterocycles. The standard InChI is InChI=1S/C14H19N3O3/c1-9-12(10(2)16(3)15-9)4-5-13(18)17-7-6-11(8-17)14(19)20/h4-5,11H,6-8H2,1-3H3,(H,19,20). The average Bonchev–Trinajstić information content (AvgIpc) is 2.95. The fourth-order valence-corrected chi connectivity index (χ4v) is 2.45. The van der Waals surface area contributed by atoms with Gasteiger partial charge in [-0.25, -0.2) is 0 Å². The van der Waals surface area contributed by atoms with Gasteiger partial charge in [-0.1, -0.05) is 0 Å². The van der Waals surface area contributed by atoms with Crippen molar-refractivity contribution in [3.63, 3.8) is 0 Å². The molecule has 1 amide bonds. The van der Waals surface area contributed by atoms with Crippen LogP contribution < -0.4 is 0 Å². The molecule has 6 nitrogen and oxygen atoms in total. The Morgan fingerprint density at radius 2 is 2.10 bits per heavy atom. The van der Waals surface area contributed by atoms with E-state index in [2.05, 4.69) is 5.10 Å². The molecule has 6 heteroatoms. The minimum absolute atomic E-state index is 0.142. The fraction of sp³-hybridized carbons (Fsp3) is 0.500. The van der Waals surface area contributed by atoms with Crippen LogP contribution >= 0.6 is 0 Å². The second kappa shape index (κ2) is 5.48. The van der Waals surface area contributed by atoms with Crippen molar-refractivity contribution in [2.45, 2.75) is 20.3 Å². The number of carboxylic acid groups (broad SMARTS) is 1. The number of carboxylic acids is 1.